The highest BCUT2D eigenvalue weighted by Gasteiger charge is 2.13. The predicted octanol–water partition coefficient (Wildman–Crippen LogP) is 2.97. The average Bonchev–Trinajstić information content (AvgIpc) is 3.12. The molecule has 1 heterocycles. The number of nitrogens with zero attached hydrogens (tertiary/aromatic N) is 1. The summed E-state index contributed by atoms with van der Waals surface area (Å²) in [6.07, 6.45) is 0.655. The molecule has 5 heteroatoms. The molecule has 1 atom stereocenters. The molecule has 2 rings (SSSR count). The second-order valence-corrected chi connectivity index (χ2v) is 6.10. The number of aliphatic hydroxyl groups excluding tert-OH is 1. The van der Waals surface area contributed by atoms with Gasteiger partial charge < -0.3 is 14.8 Å². The van der Waals surface area contributed by atoms with Crippen molar-refractivity contribution < 1.29 is 14.3 Å². The zero-order valence-corrected chi connectivity index (χ0v) is 14.5. The number of rotatable bonds is 8. The normalized spacial score (nSPS) is 12.6. The summed E-state index contributed by atoms with van der Waals surface area (Å²) in [6.45, 7) is 8.47. The summed E-state index contributed by atoms with van der Waals surface area (Å²) in [6, 6.07) is 11.5. The van der Waals surface area contributed by atoms with E-state index >= 15 is 0 Å². The number of furan rings is 1. The van der Waals surface area contributed by atoms with Crippen LogP contribution < -0.4 is 5.32 Å². The lowest BCUT2D eigenvalue weighted by Gasteiger charge is -2.24. The molecular formula is C19H26N2O3. The molecule has 2 aromatic rings. The van der Waals surface area contributed by atoms with E-state index < -0.39 is 6.10 Å². The number of amides is 1. The molecule has 0 saturated heterocycles. The number of hydrogen-bond donors (Lipinski definition) is 2. The summed E-state index contributed by atoms with van der Waals surface area (Å²) >= 11 is 0. The van der Waals surface area contributed by atoms with Crippen LogP contribution in [0.2, 0.25) is 0 Å². The van der Waals surface area contributed by atoms with Crippen molar-refractivity contribution in [3.63, 3.8) is 0 Å². The maximum absolute atomic E-state index is 12.2. The fourth-order valence-electron chi connectivity index (χ4n) is 2.53. The Morgan fingerprint density at radius 1 is 1.25 bits per heavy atom. The molecule has 1 amide bonds. The van der Waals surface area contributed by atoms with E-state index in [0.29, 0.717) is 17.4 Å². The standard InChI is InChI=1S/C19H26N2O3/c1-4-21(14(2)3)13-15-7-9-16(10-8-15)19(23)20-12-17(22)18-6-5-11-24-18/h5-11,14,17,22H,4,12-13H2,1-3H3,(H,20,23). The zero-order chi connectivity index (χ0) is 17.5. The van der Waals surface area contributed by atoms with E-state index in [2.05, 4.69) is 31.0 Å². The van der Waals surface area contributed by atoms with E-state index in [-0.39, 0.29) is 12.5 Å². The van der Waals surface area contributed by atoms with Crippen LogP contribution in [0.15, 0.2) is 47.1 Å². The first-order valence-electron chi connectivity index (χ1n) is 8.34. The van der Waals surface area contributed by atoms with E-state index in [0.717, 1.165) is 13.1 Å². The van der Waals surface area contributed by atoms with Crippen LogP contribution in [0.3, 0.4) is 0 Å². The van der Waals surface area contributed by atoms with Crippen LogP contribution in [-0.2, 0) is 6.54 Å². The van der Waals surface area contributed by atoms with Crippen LogP contribution >= 0.6 is 0 Å². The number of hydrogen-bond acceptors (Lipinski definition) is 4. The minimum Gasteiger partial charge on any atom is -0.467 e. The Morgan fingerprint density at radius 3 is 2.50 bits per heavy atom. The van der Waals surface area contributed by atoms with Gasteiger partial charge in [0.05, 0.1) is 12.8 Å². The van der Waals surface area contributed by atoms with Gasteiger partial charge in [-0.3, -0.25) is 9.69 Å². The zero-order valence-electron chi connectivity index (χ0n) is 14.5. The van der Waals surface area contributed by atoms with Gasteiger partial charge in [0.2, 0.25) is 0 Å². The molecule has 0 saturated carbocycles. The topological polar surface area (TPSA) is 65.7 Å². The van der Waals surface area contributed by atoms with Gasteiger partial charge in [-0.1, -0.05) is 19.1 Å². The van der Waals surface area contributed by atoms with Gasteiger partial charge in [-0.15, -0.1) is 0 Å². The van der Waals surface area contributed by atoms with Gasteiger partial charge in [-0.25, -0.2) is 0 Å². The molecule has 1 aromatic carbocycles. The summed E-state index contributed by atoms with van der Waals surface area (Å²) in [5.74, 6) is 0.238. The molecule has 24 heavy (non-hydrogen) atoms. The lowest BCUT2D eigenvalue weighted by atomic mass is 10.1. The fraction of sp³-hybridized carbons (Fsp3) is 0.421. The third-order valence-electron chi connectivity index (χ3n) is 4.07. The monoisotopic (exact) mass is 330 g/mol. The maximum Gasteiger partial charge on any atom is 0.251 e. The van der Waals surface area contributed by atoms with Crippen LogP contribution in [0.4, 0.5) is 0 Å². The molecule has 0 aliphatic rings. The number of aliphatic hydroxyl groups is 1. The smallest absolute Gasteiger partial charge is 0.251 e. The molecule has 0 fully saturated rings. The van der Waals surface area contributed by atoms with Crippen LogP contribution in [0.1, 0.15) is 48.6 Å². The Balaban J connectivity index is 1.89. The van der Waals surface area contributed by atoms with Crippen LogP contribution in [0.5, 0.6) is 0 Å². The molecule has 1 unspecified atom stereocenters. The highest BCUT2D eigenvalue weighted by atomic mass is 16.4. The van der Waals surface area contributed by atoms with Crippen molar-refractivity contribution in [3.05, 3.63) is 59.5 Å². The van der Waals surface area contributed by atoms with Crippen LogP contribution in [0.25, 0.3) is 0 Å². The first-order chi connectivity index (χ1) is 11.5. The highest BCUT2D eigenvalue weighted by Crippen LogP contribution is 2.13. The molecule has 2 N–H and O–H groups in total. The average molecular weight is 330 g/mol. The molecule has 5 nitrogen and oxygen atoms in total. The number of carbonyl (C=O) groups excluding carboxylic acids is 1. The van der Waals surface area contributed by atoms with E-state index in [9.17, 15) is 9.90 Å². The summed E-state index contributed by atoms with van der Waals surface area (Å²) in [4.78, 5) is 14.5. The van der Waals surface area contributed by atoms with Crippen LogP contribution in [-0.4, -0.2) is 35.0 Å². The van der Waals surface area contributed by atoms with Crippen LogP contribution in [0, 0.1) is 0 Å². The summed E-state index contributed by atoms with van der Waals surface area (Å²) in [5, 5.41) is 12.6. The predicted molar refractivity (Wildman–Crippen MR) is 93.7 cm³/mol. The molecule has 130 valence electrons. The Bertz CT molecular complexity index is 621. The van der Waals surface area contributed by atoms with Gasteiger partial charge in [-0.05, 0) is 50.2 Å². The van der Waals surface area contributed by atoms with Crippen molar-refractivity contribution in [2.75, 3.05) is 13.1 Å². The molecular weight excluding hydrogens is 304 g/mol. The van der Waals surface area contributed by atoms with Gasteiger partial charge in [0.25, 0.3) is 5.91 Å². The third kappa shape index (κ3) is 4.94. The van der Waals surface area contributed by atoms with E-state index in [1.807, 2.05) is 24.3 Å². The summed E-state index contributed by atoms with van der Waals surface area (Å²) in [7, 11) is 0. The Labute approximate surface area is 143 Å². The third-order valence-corrected chi connectivity index (χ3v) is 4.07. The summed E-state index contributed by atoms with van der Waals surface area (Å²) in [5.41, 5.74) is 1.76. The first-order valence-corrected chi connectivity index (χ1v) is 8.34. The van der Waals surface area contributed by atoms with Gasteiger partial charge in [0.1, 0.15) is 11.9 Å². The van der Waals surface area contributed by atoms with Crippen molar-refractivity contribution in [1.29, 1.82) is 0 Å². The van der Waals surface area contributed by atoms with Gasteiger partial charge in [0, 0.05) is 18.2 Å². The lowest BCUT2D eigenvalue weighted by molar-refractivity contribution is 0.0901. The molecule has 0 aliphatic carbocycles. The van der Waals surface area contributed by atoms with Crippen molar-refractivity contribution in [2.45, 2.75) is 39.5 Å². The Hall–Kier alpha value is -2.11. The highest BCUT2D eigenvalue weighted by molar-refractivity contribution is 5.94. The molecule has 0 bridgehead atoms. The van der Waals surface area contributed by atoms with Crippen molar-refractivity contribution in [1.82, 2.24) is 10.2 Å². The second kappa shape index (κ2) is 8.66. The van der Waals surface area contributed by atoms with Crippen molar-refractivity contribution in [2.24, 2.45) is 0 Å². The minimum atomic E-state index is -0.840. The second-order valence-electron chi connectivity index (χ2n) is 6.10. The number of benzene rings is 1. The minimum absolute atomic E-state index is 0.116. The quantitative estimate of drug-likeness (QED) is 0.781. The molecule has 0 radical (unpaired) electrons. The van der Waals surface area contributed by atoms with Crippen molar-refractivity contribution in [3.8, 4) is 0 Å². The largest absolute Gasteiger partial charge is 0.467 e. The number of carbonyl (C=O) groups is 1. The van der Waals surface area contributed by atoms with E-state index in [1.165, 1.54) is 11.8 Å². The first kappa shape index (κ1) is 18.2. The number of nitrogens with one attached hydrogen (secondary N) is 1. The van der Waals surface area contributed by atoms with Gasteiger partial charge in [-0.2, -0.15) is 0 Å². The Kier molecular flexibility index (Phi) is 6.58. The van der Waals surface area contributed by atoms with Gasteiger partial charge >= 0.3 is 0 Å². The van der Waals surface area contributed by atoms with E-state index in [1.54, 1.807) is 12.1 Å². The lowest BCUT2D eigenvalue weighted by Crippen LogP contribution is -2.30. The molecule has 0 spiro atoms. The van der Waals surface area contributed by atoms with Crippen molar-refractivity contribution >= 4 is 5.91 Å². The molecule has 0 aliphatic heterocycles. The SMILES string of the molecule is CCN(Cc1ccc(C(=O)NCC(O)c2ccco2)cc1)C(C)C. The van der Waals surface area contributed by atoms with Gasteiger partial charge in [0.15, 0.2) is 0 Å². The summed E-state index contributed by atoms with van der Waals surface area (Å²) < 4.78 is 5.11. The fourth-order valence-corrected chi connectivity index (χ4v) is 2.53. The Morgan fingerprint density at radius 2 is 1.96 bits per heavy atom. The molecule has 1 aromatic heterocycles. The maximum atomic E-state index is 12.2. The van der Waals surface area contributed by atoms with E-state index in [4.69, 9.17) is 4.42 Å².